The summed E-state index contributed by atoms with van der Waals surface area (Å²) in [5, 5.41) is 0. The van der Waals surface area contributed by atoms with Crippen LogP contribution in [0.15, 0.2) is 42.7 Å². The fraction of sp³-hybridized carbons (Fsp3) is 0.316. The minimum atomic E-state index is -0.352. The molecule has 0 aliphatic carbocycles. The molecule has 5 nitrogen and oxygen atoms in total. The second-order valence-electron chi connectivity index (χ2n) is 5.79. The first-order chi connectivity index (χ1) is 11.7. The summed E-state index contributed by atoms with van der Waals surface area (Å²) >= 11 is 0. The zero-order valence-corrected chi connectivity index (χ0v) is 13.7. The van der Waals surface area contributed by atoms with Crippen LogP contribution in [0.5, 0.6) is 0 Å². The van der Waals surface area contributed by atoms with Gasteiger partial charge in [-0.1, -0.05) is 12.1 Å². The molecule has 1 amide bonds. The van der Waals surface area contributed by atoms with Gasteiger partial charge in [0, 0.05) is 31.0 Å². The number of esters is 1. The number of aromatic nitrogens is 1. The van der Waals surface area contributed by atoms with Crippen LogP contribution in [0, 0.1) is 0 Å². The van der Waals surface area contributed by atoms with E-state index in [1.807, 2.05) is 35.2 Å². The lowest BCUT2D eigenvalue weighted by molar-refractivity contribution is -0.117. The molecule has 1 fully saturated rings. The molecule has 1 aromatic heterocycles. The van der Waals surface area contributed by atoms with Gasteiger partial charge in [-0.25, -0.2) is 4.79 Å². The molecule has 0 atom stereocenters. The molecule has 5 heteroatoms. The number of carbonyl (C=O) groups excluding carboxylic acids is 2. The summed E-state index contributed by atoms with van der Waals surface area (Å²) in [6.45, 7) is 2.92. The Morgan fingerprint density at radius 3 is 2.67 bits per heavy atom. The maximum Gasteiger partial charge on any atom is 0.339 e. The van der Waals surface area contributed by atoms with Crippen LogP contribution in [0.3, 0.4) is 0 Å². The summed E-state index contributed by atoms with van der Waals surface area (Å²) in [4.78, 5) is 29.5. The van der Waals surface area contributed by atoms with E-state index in [9.17, 15) is 9.59 Å². The van der Waals surface area contributed by atoms with Gasteiger partial charge in [-0.3, -0.25) is 9.78 Å². The van der Waals surface area contributed by atoms with Crippen molar-refractivity contribution < 1.29 is 14.3 Å². The first kappa shape index (κ1) is 16.2. The SMILES string of the molecule is CCOC(=O)c1cncc(Cc2ccc(N3CCCC3=O)cc2)c1. The molecule has 3 rings (SSSR count). The highest BCUT2D eigenvalue weighted by atomic mass is 16.5. The molecular weight excluding hydrogens is 304 g/mol. The van der Waals surface area contributed by atoms with Gasteiger partial charge in [0.25, 0.3) is 0 Å². The summed E-state index contributed by atoms with van der Waals surface area (Å²) in [6.07, 6.45) is 5.50. The van der Waals surface area contributed by atoms with E-state index < -0.39 is 0 Å². The number of ether oxygens (including phenoxy) is 1. The minimum absolute atomic E-state index is 0.189. The molecule has 2 aromatic rings. The maximum absolute atomic E-state index is 11.8. The van der Waals surface area contributed by atoms with Crippen LogP contribution >= 0.6 is 0 Å². The molecule has 0 saturated carbocycles. The average molecular weight is 324 g/mol. The first-order valence-electron chi connectivity index (χ1n) is 8.17. The number of rotatable bonds is 5. The van der Waals surface area contributed by atoms with Crippen molar-refractivity contribution in [3.8, 4) is 0 Å². The van der Waals surface area contributed by atoms with Gasteiger partial charge in [-0.05, 0) is 49.1 Å². The van der Waals surface area contributed by atoms with Crippen molar-refractivity contribution in [3.05, 3.63) is 59.4 Å². The molecule has 0 spiro atoms. The van der Waals surface area contributed by atoms with Crippen LogP contribution in [0.4, 0.5) is 5.69 Å². The zero-order valence-electron chi connectivity index (χ0n) is 13.7. The number of amides is 1. The molecular formula is C19H20N2O3. The van der Waals surface area contributed by atoms with Crippen LogP contribution in [-0.2, 0) is 16.0 Å². The normalized spacial score (nSPS) is 14.0. The van der Waals surface area contributed by atoms with Crippen molar-refractivity contribution in [2.45, 2.75) is 26.2 Å². The molecule has 0 N–H and O–H groups in total. The largest absolute Gasteiger partial charge is 0.462 e. The highest BCUT2D eigenvalue weighted by molar-refractivity contribution is 5.95. The molecule has 1 aliphatic rings. The van der Waals surface area contributed by atoms with Crippen molar-refractivity contribution in [2.75, 3.05) is 18.1 Å². The van der Waals surface area contributed by atoms with Gasteiger partial charge in [-0.15, -0.1) is 0 Å². The van der Waals surface area contributed by atoms with Crippen LogP contribution < -0.4 is 4.90 Å². The Bertz CT molecular complexity index is 741. The van der Waals surface area contributed by atoms with Crippen LogP contribution in [0.25, 0.3) is 0 Å². The molecule has 1 saturated heterocycles. The number of benzene rings is 1. The number of hydrogen-bond donors (Lipinski definition) is 0. The van der Waals surface area contributed by atoms with Crippen molar-refractivity contribution in [2.24, 2.45) is 0 Å². The van der Waals surface area contributed by atoms with Crippen LogP contribution in [-0.4, -0.2) is 30.0 Å². The van der Waals surface area contributed by atoms with Gasteiger partial charge in [0.1, 0.15) is 0 Å². The van der Waals surface area contributed by atoms with Gasteiger partial charge in [-0.2, -0.15) is 0 Å². The molecule has 0 bridgehead atoms. The predicted octanol–water partition coefficient (Wildman–Crippen LogP) is 2.98. The standard InChI is InChI=1S/C19H20N2O3/c1-2-24-19(23)16-11-15(12-20-13-16)10-14-5-7-17(8-6-14)21-9-3-4-18(21)22/h5-8,11-13H,2-4,9-10H2,1H3. The monoisotopic (exact) mass is 324 g/mol. The number of hydrogen-bond acceptors (Lipinski definition) is 4. The van der Waals surface area contributed by atoms with Gasteiger partial charge in [0.05, 0.1) is 12.2 Å². The molecule has 2 heterocycles. The Hall–Kier alpha value is -2.69. The quantitative estimate of drug-likeness (QED) is 0.793. The van der Waals surface area contributed by atoms with E-state index in [4.69, 9.17) is 4.74 Å². The molecule has 24 heavy (non-hydrogen) atoms. The average Bonchev–Trinajstić information content (AvgIpc) is 3.02. The Kier molecular flexibility index (Phi) is 4.89. The maximum atomic E-state index is 11.8. The number of nitrogens with zero attached hydrogens (tertiary/aromatic N) is 2. The highest BCUT2D eigenvalue weighted by Gasteiger charge is 2.21. The van der Waals surface area contributed by atoms with Gasteiger partial charge < -0.3 is 9.64 Å². The van der Waals surface area contributed by atoms with E-state index in [1.54, 1.807) is 13.1 Å². The lowest BCUT2D eigenvalue weighted by Gasteiger charge is -2.16. The van der Waals surface area contributed by atoms with Gasteiger partial charge in [0.15, 0.2) is 0 Å². The van der Waals surface area contributed by atoms with Crippen molar-refractivity contribution in [1.29, 1.82) is 0 Å². The van der Waals surface area contributed by atoms with Crippen LogP contribution in [0.2, 0.25) is 0 Å². The third kappa shape index (κ3) is 3.62. The smallest absolute Gasteiger partial charge is 0.339 e. The van der Waals surface area contributed by atoms with Gasteiger partial charge >= 0.3 is 5.97 Å². The lowest BCUT2D eigenvalue weighted by Crippen LogP contribution is -2.23. The summed E-state index contributed by atoms with van der Waals surface area (Å²) in [7, 11) is 0. The second-order valence-corrected chi connectivity index (χ2v) is 5.79. The summed E-state index contributed by atoms with van der Waals surface area (Å²) < 4.78 is 5.00. The molecule has 1 aliphatic heterocycles. The van der Waals surface area contributed by atoms with Crippen LogP contribution in [0.1, 0.15) is 41.3 Å². The van der Waals surface area contributed by atoms with Crippen molar-refractivity contribution in [3.63, 3.8) is 0 Å². The molecule has 1 aromatic carbocycles. The second kappa shape index (κ2) is 7.25. The predicted molar refractivity (Wildman–Crippen MR) is 91.0 cm³/mol. The fourth-order valence-electron chi connectivity index (χ4n) is 2.86. The molecule has 0 unspecified atom stereocenters. The Balaban J connectivity index is 1.71. The number of pyridine rings is 1. The number of anilines is 1. The topological polar surface area (TPSA) is 59.5 Å². The first-order valence-corrected chi connectivity index (χ1v) is 8.17. The van der Waals surface area contributed by atoms with E-state index in [1.165, 1.54) is 6.20 Å². The highest BCUT2D eigenvalue weighted by Crippen LogP contribution is 2.22. The van der Waals surface area contributed by atoms with E-state index in [0.717, 1.165) is 29.8 Å². The zero-order chi connectivity index (χ0) is 16.9. The number of carbonyl (C=O) groups is 2. The van der Waals surface area contributed by atoms with Gasteiger partial charge in [0.2, 0.25) is 5.91 Å². The summed E-state index contributed by atoms with van der Waals surface area (Å²) in [5.74, 6) is -0.163. The molecule has 0 radical (unpaired) electrons. The van der Waals surface area contributed by atoms with Crippen molar-refractivity contribution >= 4 is 17.6 Å². The summed E-state index contributed by atoms with van der Waals surface area (Å²) in [6, 6.07) is 9.78. The summed E-state index contributed by atoms with van der Waals surface area (Å²) in [5.41, 5.74) is 3.46. The lowest BCUT2D eigenvalue weighted by atomic mass is 10.0. The van der Waals surface area contributed by atoms with E-state index in [-0.39, 0.29) is 11.9 Å². The van der Waals surface area contributed by atoms with Crippen molar-refractivity contribution in [1.82, 2.24) is 4.98 Å². The Morgan fingerprint density at radius 1 is 1.21 bits per heavy atom. The fourth-order valence-corrected chi connectivity index (χ4v) is 2.86. The Morgan fingerprint density at radius 2 is 2.00 bits per heavy atom. The third-order valence-electron chi connectivity index (χ3n) is 4.04. The third-order valence-corrected chi connectivity index (χ3v) is 4.04. The molecule has 124 valence electrons. The van der Waals surface area contributed by atoms with E-state index in [0.29, 0.717) is 25.0 Å². The van der Waals surface area contributed by atoms with E-state index >= 15 is 0 Å². The Labute approximate surface area is 141 Å². The van der Waals surface area contributed by atoms with E-state index in [2.05, 4.69) is 4.98 Å². The minimum Gasteiger partial charge on any atom is -0.462 e.